The van der Waals surface area contributed by atoms with E-state index >= 15 is 0 Å². The van der Waals surface area contributed by atoms with E-state index in [2.05, 4.69) is 5.32 Å². The van der Waals surface area contributed by atoms with Gasteiger partial charge in [-0.05, 0) is 33.3 Å². The zero-order valence-electron chi connectivity index (χ0n) is 9.55. The molecule has 0 radical (unpaired) electrons. The molecule has 1 rings (SSSR count). The van der Waals surface area contributed by atoms with Gasteiger partial charge in [-0.3, -0.25) is 4.79 Å². The molecule has 0 fully saturated rings. The Balaban J connectivity index is 2.83. The van der Waals surface area contributed by atoms with Gasteiger partial charge in [0.25, 0.3) is 5.91 Å². The van der Waals surface area contributed by atoms with Crippen molar-refractivity contribution in [3.05, 3.63) is 21.4 Å². The molecule has 1 heterocycles. The van der Waals surface area contributed by atoms with Gasteiger partial charge in [-0.25, -0.2) is 0 Å². The molecule has 0 atom stereocenters. The van der Waals surface area contributed by atoms with Crippen LogP contribution in [0.15, 0.2) is 5.38 Å². The smallest absolute Gasteiger partial charge is 0.252 e. The Morgan fingerprint density at radius 1 is 1.53 bits per heavy atom. The first-order valence-electron chi connectivity index (χ1n) is 4.85. The van der Waals surface area contributed by atoms with Gasteiger partial charge in [0.15, 0.2) is 0 Å². The fourth-order valence-corrected chi connectivity index (χ4v) is 2.02. The maximum absolute atomic E-state index is 11.8. The molecule has 15 heavy (non-hydrogen) atoms. The minimum absolute atomic E-state index is 0.0685. The molecule has 0 aliphatic heterocycles. The Hall–Kier alpha value is -0.870. The average Bonchev–Trinajstić information content (AvgIpc) is 2.47. The second-order valence-electron chi connectivity index (χ2n) is 4.33. The Bertz CT molecular complexity index is 369. The molecule has 1 amide bonds. The van der Waals surface area contributed by atoms with Crippen LogP contribution in [-0.4, -0.2) is 23.2 Å². The second-order valence-corrected chi connectivity index (χ2v) is 5.41. The van der Waals surface area contributed by atoms with Crippen molar-refractivity contribution >= 4 is 17.2 Å². The number of rotatable bonds is 3. The fraction of sp³-hybridized carbons (Fsp3) is 0.545. The lowest BCUT2D eigenvalue weighted by molar-refractivity contribution is 0.0869. The lowest BCUT2D eigenvalue weighted by Crippen LogP contribution is -2.46. The quantitative estimate of drug-likeness (QED) is 0.828. The number of aliphatic hydroxyl groups excluding tert-OH is 1. The number of amides is 1. The summed E-state index contributed by atoms with van der Waals surface area (Å²) in [6.45, 7) is 7.44. The molecule has 0 saturated carbocycles. The Kier molecular flexibility index (Phi) is 3.52. The van der Waals surface area contributed by atoms with Gasteiger partial charge in [-0.2, -0.15) is 0 Å². The van der Waals surface area contributed by atoms with Crippen molar-refractivity contribution in [2.45, 2.75) is 33.2 Å². The topological polar surface area (TPSA) is 49.3 Å². The van der Waals surface area contributed by atoms with E-state index < -0.39 is 5.54 Å². The van der Waals surface area contributed by atoms with Crippen LogP contribution in [0.4, 0.5) is 0 Å². The maximum Gasteiger partial charge on any atom is 0.252 e. The molecule has 0 spiro atoms. The Morgan fingerprint density at radius 2 is 2.13 bits per heavy atom. The summed E-state index contributed by atoms with van der Waals surface area (Å²) in [5.74, 6) is -0.115. The molecule has 0 aliphatic rings. The highest BCUT2D eigenvalue weighted by Crippen LogP contribution is 2.20. The predicted octanol–water partition coefficient (Wildman–Crippen LogP) is 1.87. The van der Waals surface area contributed by atoms with Crippen molar-refractivity contribution in [1.82, 2.24) is 5.32 Å². The van der Waals surface area contributed by atoms with Crippen molar-refractivity contribution in [1.29, 1.82) is 0 Å². The third-order valence-electron chi connectivity index (χ3n) is 2.38. The van der Waals surface area contributed by atoms with Crippen LogP contribution in [0.25, 0.3) is 0 Å². The molecule has 4 heteroatoms. The van der Waals surface area contributed by atoms with Crippen LogP contribution >= 0.6 is 11.3 Å². The SMILES string of the molecule is Cc1scc(C(=O)NC(C)(C)CO)c1C. The van der Waals surface area contributed by atoms with Gasteiger partial charge in [0.1, 0.15) is 0 Å². The summed E-state index contributed by atoms with van der Waals surface area (Å²) in [4.78, 5) is 13.0. The highest BCUT2D eigenvalue weighted by molar-refractivity contribution is 7.10. The summed E-state index contributed by atoms with van der Waals surface area (Å²) in [5.41, 5.74) is 1.16. The van der Waals surface area contributed by atoms with Crippen LogP contribution in [0.5, 0.6) is 0 Å². The van der Waals surface area contributed by atoms with Gasteiger partial charge < -0.3 is 10.4 Å². The number of aryl methyl sites for hydroxylation is 1. The number of nitrogens with one attached hydrogen (secondary N) is 1. The lowest BCUT2D eigenvalue weighted by atomic mass is 10.1. The van der Waals surface area contributed by atoms with Crippen LogP contribution in [-0.2, 0) is 0 Å². The third-order valence-corrected chi connectivity index (χ3v) is 3.39. The summed E-state index contributed by atoms with van der Waals surface area (Å²) in [6, 6.07) is 0. The molecule has 1 aromatic rings. The minimum Gasteiger partial charge on any atom is -0.394 e. The van der Waals surface area contributed by atoms with Gasteiger partial charge in [0.2, 0.25) is 0 Å². The van der Waals surface area contributed by atoms with E-state index in [-0.39, 0.29) is 12.5 Å². The zero-order valence-corrected chi connectivity index (χ0v) is 10.4. The third kappa shape index (κ3) is 2.79. The first kappa shape index (κ1) is 12.2. The van der Waals surface area contributed by atoms with Gasteiger partial charge >= 0.3 is 0 Å². The molecule has 0 aromatic carbocycles. The number of carbonyl (C=O) groups is 1. The standard InChI is InChI=1S/C11H17NO2S/c1-7-8(2)15-5-9(7)10(14)12-11(3,4)6-13/h5,13H,6H2,1-4H3,(H,12,14). The Labute approximate surface area is 94.1 Å². The van der Waals surface area contributed by atoms with E-state index in [0.717, 1.165) is 10.4 Å². The molecule has 0 bridgehead atoms. The number of hydrogen-bond acceptors (Lipinski definition) is 3. The molecule has 84 valence electrons. The van der Waals surface area contributed by atoms with Gasteiger partial charge in [-0.1, -0.05) is 0 Å². The summed E-state index contributed by atoms with van der Waals surface area (Å²) >= 11 is 1.57. The van der Waals surface area contributed by atoms with Crippen LogP contribution < -0.4 is 5.32 Å². The molecular formula is C11H17NO2S. The molecule has 0 saturated heterocycles. The zero-order chi connectivity index (χ0) is 11.6. The number of aliphatic hydroxyl groups is 1. The molecule has 2 N–H and O–H groups in total. The highest BCUT2D eigenvalue weighted by Gasteiger charge is 2.21. The normalized spacial score (nSPS) is 11.5. The first-order chi connectivity index (χ1) is 6.87. The second kappa shape index (κ2) is 4.33. The summed E-state index contributed by atoms with van der Waals surface area (Å²) in [7, 11) is 0. The highest BCUT2D eigenvalue weighted by atomic mass is 32.1. The lowest BCUT2D eigenvalue weighted by Gasteiger charge is -2.23. The van der Waals surface area contributed by atoms with E-state index in [1.54, 1.807) is 25.2 Å². The molecule has 0 unspecified atom stereocenters. The van der Waals surface area contributed by atoms with E-state index in [9.17, 15) is 4.79 Å². The van der Waals surface area contributed by atoms with E-state index in [4.69, 9.17) is 5.11 Å². The summed E-state index contributed by atoms with van der Waals surface area (Å²) < 4.78 is 0. The number of hydrogen-bond donors (Lipinski definition) is 2. The van der Waals surface area contributed by atoms with Crippen molar-refractivity contribution < 1.29 is 9.90 Å². The van der Waals surface area contributed by atoms with Crippen molar-refractivity contribution in [3.8, 4) is 0 Å². The predicted molar refractivity (Wildman–Crippen MR) is 62.4 cm³/mol. The molecule has 1 aromatic heterocycles. The van der Waals surface area contributed by atoms with Crippen LogP contribution in [0.1, 0.15) is 34.6 Å². The van der Waals surface area contributed by atoms with Gasteiger partial charge in [0.05, 0.1) is 17.7 Å². The van der Waals surface area contributed by atoms with Gasteiger partial charge in [-0.15, -0.1) is 11.3 Å². The maximum atomic E-state index is 11.8. The molecule has 3 nitrogen and oxygen atoms in total. The Morgan fingerprint density at radius 3 is 2.53 bits per heavy atom. The first-order valence-corrected chi connectivity index (χ1v) is 5.73. The van der Waals surface area contributed by atoms with Crippen LogP contribution in [0, 0.1) is 13.8 Å². The van der Waals surface area contributed by atoms with Crippen molar-refractivity contribution in [2.75, 3.05) is 6.61 Å². The fourth-order valence-electron chi connectivity index (χ4n) is 1.15. The van der Waals surface area contributed by atoms with Crippen molar-refractivity contribution in [3.63, 3.8) is 0 Å². The van der Waals surface area contributed by atoms with Crippen molar-refractivity contribution in [2.24, 2.45) is 0 Å². The monoisotopic (exact) mass is 227 g/mol. The molecular weight excluding hydrogens is 210 g/mol. The minimum atomic E-state index is -0.570. The number of thiophene rings is 1. The number of carbonyl (C=O) groups excluding carboxylic acids is 1. The molecule has 0 aliphatic carbocycles. The van der Waals surface area contributed by atoms with E-state index in [0.29, 0.717) is 5.56 Å². The van der Waals surface area contributed by atoms with Gasteiger partial charge in [0, 0.05) is 10.3 Å². The van der Waals surface area contributed by atoms with Crippen LogP contribution in [0.3, 0.4) is 0 Å². The van der Waals surface area contributed by atoms with Crippen LogP contribution in [0.2, 0.25) is 0 Å². The summed E-state index contributed by atoms with van der Waals surface area (Å²) in [6.07, 6.45) is 0. The van der Waals surface area contributed by atoms with E-state index in [1.807, 2.05) is 19.2 Å². The largest absolute Gasteiger partial charge is 0.394 e. The average molecular weight is 227 g/mol. The van der Waals surface area contributed by atoms with E-state index in [1.165, 1.54) is 0 Å². The summed E-state index contributed by atoms with van der Waals surface area (Å²) in [5, 5.41) is 13.7.